The molecule has 2 aromatic rings. The van der Waals surface area contributed by atoms with Gasteiger partial charge in [-0.25, -0.2) is 8.42 Å². The van der Waals surface area contributed by atoms with Crippen LogP contribution in [0, 0.1) is 0 Å². The number of ether oxygens (including phenoxy) is 2. The average molecular weight is 371 g/mol. The number of carboxylic acids is 1. The number of hydrogen-bond donors (Lipinski definition) is 1. The van der Waals surface area contributed by atoms with Gasteiger partial charge in [-0.05, 0) is 23.8 Å². The lowest BCUT2D eigenvalue weighted by atomic mass is 10.2. The lowest BCUT2D eigenvalue weighted by molar-refractivity contribution is -0.255. The molecule has 0 radical (unpaired) electrons. The van der Waals surface area contributed by atoms with Crippen LogP contribution in [0.2, 0.25) is 5.02 Å². The number of carbonyl (C=O) groups is 1. The van der Waals surface area contributed by atoms with Crippen LogP contribution in [0.3, 0.4) is 0 Å². The molecule has 0 saturated carbocycles. The van der Waals surface area contributed by atoms with Crippen LogP contribution in [0.15, 0.2) is 41.3 Å². The van der Waals surface area contributed by atoms with Gasteiger partial charge in [0, 0.05) is 6.07 Å². The van der Waals surface area contributed by atoms with Gasteiger partial charge in [-0.3, -0.25) is 4.72 Å². The summed E-state index contributed by atoms with van der Waals surface area (Å²) in [6.45, 7) is 0. The summed E-state index contributed by atoms with van der Waals surface area (Å²) in [5, 5.41) is 11.1. The second-order valence-corrected chi connectivity index (χ2v) is 6.70. The minimum atomic E-state index is -4.06. The summed E-state index contributed by atoms with van der Waals surface area (Å²) in [6, 6.07) is 7.55. The van der Waals surface area contributed by atoms with Gasteiger partial charge in [0.05, 0.1) is 35.8 Å². The molecule has 0 fully saturated rings. The largest absolute Gasteiger partial charge is 0.545 e. The molecule has 0 aromatic heterocycles. The Balaban J connectivity index is 2.44. The highest BCUT2D eigenvalue weighted by Crippen LogP contribution is 2.36. The van der Waals surface area contributed by atoms with Crippen molar-refractivity contribution >= 4 is 33.3 Å². The van der Waals surface area contributed by atoms with Gasteiger partial charge in [0.1, 0.15) is 11.5 Å². The van der Waals surface area contributed by atoms with Crippen LogP contribution in [-0.4, -0.2) is 28.6 Å². The Kier molecular flexibility index (Phi) is 5.20. The first kappa shape index (κ1) is 17.9. The Labute approximate surface area is 143 Å². The number of carbonyl (C=O) groups excluding carboxylic acids is 1. The third-order valence-electron chi connectivity index (χ3n) is 3.10. The topological polar surface area (TPSA) is 105 Å². The van der Waals surface area contributed by atoms with Gasteiger partial charge >= 0.3 is 0 Å². The van der Waals surface area contributed by atoms with Crippen molar-refractivity contribution in [1.29, 1.82) is 0 Å². The van der Waals surface area contributed by atoms with E-state index in [9.17, 15) is 18.3 Å². The summed E-state index contributed by atoms with van der Waals surface area (Å²) >= 11 is 6.00. The predicted molar refractivity (Wildman–Crippen MR) is 86.1 cm³/mol. The highest BCUT2D eigenvalue weighted by atomic mass is 35.5. The summed E-state index contributed by atoms with van der Waals surface area (Å²) in [5.41, 5.74) is -0.167. The van der Waals surface area contributed by atoms with E-state index in [-0.39, 0.29) is 26.9 Å². The summed E-state index contributed by atoms with van der Waals surface area (Å²) in [5.74, 6) is -0.969. The zero-order chi connectivity index (χ0) is 17.9. The van der Waals surface area contributed by atoms with Crippen LogP contribution in [0.4, 0.5) is 5.69 Å². The smallest absolute Gasteiger partial charge is 0.262 e. The van der Waals surface area contributed by atoms with Crippen LogP contribution < -0.4 is 19.3 Å². The summed E-state index contributed by atoms with van der Waals surface area (Å²) in [4.78, 5) is 10.6. The zero-order valence-electron chi connectivity index (χ0n) is 12.7. The minimum absolute atomic E-state index is 0.0853. The molecule has 7 nitrogen and oxygen atoms in total. The van der Waals surface area contributed by atoms with Gasteiger partial charge in [0.2, 0.25) is 0 Å². The van der Waals surface area contributed by atoms with Crippen molar-refractivity contribution in [3.8, 4) is 11.5 Å². The predicted octanol–water partition coefficient (Wildman–Crippen LogP) is 1.52. The minimum Gasteiger partial charge on any atom is -0.545 e. The van der Waals surface area contributed by atoms with E-state index in [0.29, 0.717) is 5.75 Å². The fourth-order valence-corrected chi connectivity index (χ4v) is 3.28. The van der Waals surface area contributed by atoms with Gasteiger partial charge in [0.15, 0.2) is 0 Å². The molecular formula is C15H13ClNO6S-. The fourth-order valence-electron chi connectivity index (χ4n) is 1.93. The molecule has 2 aromatic carbocycles. The van der Waals surface area contributed by atoms with Crippen LogP contribution in [-0.2, 0) is 10.0 Å². The van der Waals surface area contributed by atoms with Crippen LogP contribution in [0.1, 0.15) is 10.4 Å². The first-order chi connectivity index (χ1) is 11.3. The van der Waals surface area contributed by atoms with Crippen molar-refractivity contribution in [1.82, 2.24) is 0 Å². The van der Waals surface area contributed by atoms with Crippen molar-refractivity contribution < 1.29 is 27.8 Å². The molecule has 24 heavy (non-hydrogen) atoms. The Morgan fingerprint density at radius 1 is 1.12 bits per heavy atom. The first-order valence-electron chi connectivity index (χ1n) is 6.54. The number of aromatic carboxylic acids is 1. The Morgan fingerprint density at radius 3 is 2.38 bits per heavy atom. The Hall–Kier alpha value is -2.45. The molecule has 0 aliphatic rings. The van der Waals surface area contributed by atoms with E-state index in [1.807, 2.05) is 0 Å². The van der Waals surface area contributed by atoms with E-state index in [1.165, 1.54) is 44.6 Å². The number of anilines is 1. The van der Waals surface area contributed by atoms with E-state index in [0.717, 1.165) is 6.07 Å². The Morgan fingerprint density at radius 2 is 1.79 bits per heavy atom. The van der Waals surface area contributed by atoms with Gasteiger partial charge in [-0.1, -0.05) is 23.7 Å². The first-order valence-corrected chi connectivity index (χ1v) is 8.40. The van der Waals surface area contributed by atoms with E-state index >= 15 is 0 Å². The lowest BCUT2D eigenvalue weighted by Gasteiger charge is -2.14. The molecule has 9 heteroatoms. The molecule has 0 heterocycles. The highest BCUT2D eigenvalue weighted by Gasteiger charge is 2.19. The molecule has 0 bridgehead atoms. The van der Waals surface area contributed by atoms with Gasteiger partial charge in [-0.15, -0.1) is 0 Å². The molecule has 128 valence electrons. The number of sulfonamides is 1. The SMILES string of the molecule is COc1cc(OC)c(NS(=O)(=O)c2cccc(C(=O)[O-])c2)cc1Cl. The quantitative estimate of drug-likeness (QED) is 0.826. The van der Waals surface area contributed by atoms with Crippen molar-refractivity contribution in [2.24, 2.45) is 0 Å². The maximum atomic E-state index is 12.5. The molecule has 2 rings (SSSR count). The second kappa shape index (κ2) is 6.98. The van der Waals surface area contributed by atoms with E-state index in [4.69, 9.17) is 21.1 Å². The molecule has 0 aliphatic carbocycles. The highest BCUT2D eigenvalue weighted by molar-refractivity contribution is 7.92. The van der Waals surface area contributed by atoms with Crippen molar-refractivity contribution in [3.63, 3.8) is 0 Å². The number of rotatable bonds is 6. The molecule has 0 atom stereocenters. The molecule has 0 saturated heterocycles. The van der Waals surface area contributed by atoms with Crippen molar-refractivity contribution in [2.45, 2.75) is 4.90 Å². The summed E-state index contributed by atoms with van der Waals surface area (Å²) < 4.78 is 37.4. The normalized spacial score (nSPS) is 11.0. The molecule has 0 aliphatic heterocycles. The standard InChI is InChI=1S/C15H14ClNO6S/c1-22-13-8-14(23-2)12(7-11(13)16)17-24(20,21)10-5-3-4-9(6-10)15(18)19/h3-8,17H,1-2H3,(H,18,19)/p-1. The van der Waals surface area contributed by atoms with Crippen molar-refractivity contribution in [2.75, 3.05) is 18.9 Å². The molecule has 1 N–H and O–H groups in total. The summed E-state index contributed by atoms with van der Waals surface area (Å²) in [7, 11) is -1.29. The number of benzene rings is 2. The molecule has 0 amide bonds. The number of carboxylic acid groups (broad SMARTS) is 1. The average Bonchev–Trinajstić information content (AvgIpc) is 2.55. The number of hydrogen-bond acceptors (Lipinski definition) is 6. The third-order valence-corrected chi connectivity index (χ3v) is 4.76. The van der Waals surface area contributed by atoms with E-state index in [2.05, 4.69) is 4.72 Å². The molecule has 0 unspecified atom stereocenters. The van der Waals surface area contributed by atoms with Crippen LogP contribution in [0.25, 0.3) is 0 Å². The third kappa shape index (κ3) is 3.72. The number of methoxy groups -OCH3 is 2. The lowest BCUT2D eigenvalue weighted by Crippen LogP contribution is -2.23. The fraction of sp³-hybridized carbons (Fsp3) is 0.133. The number of nitrogens with one attached hydrogen (secondary N) is 1. The Bertz CT molecular complexity index is 882. The molecule has 0 spiro atoms. The maximum absolute atomic E-state index is 12.5. The second-order valence-electron chi connectivity index (χ2n) is 4.61. The monoisotopic (exact) mass is 370 g/mol. The number of halogens is 1. The van der Waals surface area contributed by atoms with Crippen LogP contribution in [0.5, 0.6) is 11.5 Å². The molecular weight excluding hydrogens is 358 g/mol. The van der Waals surface area contributed by atoms with Crippen molar-refractivity contribution in [3.05, 3.63) is 47.0 Å². The summed E-state index contributed by atoms with van der Waals surface area (Å²) in [6.07, 6.45) is 0. The maximum Gasteiger partial charge on any atom is 0.262 e. The van der Waals surface area contributed by atoms with E-state index < -0.39 is 16.0 Å². The zero-order valence-corrected chi connectivity index (χ0v) is 14.3. The van der Waals surface area contributed by atoms with E-state index in [1.54, 1.807) is 0 Å². The van der Waals surface area contributed by atoms with Gasteiger partial charge < -0.3 is 19.4 Å². The van der Waals surface area contributed by atoms with Gasteiger partial charge in [0.25, 0.3) is 10.0 Å². The van der Waals surface area contributed by atoms with Crippen LogP contribution >= 0.6 is 11.6 Å². The van der Waals surface area contributed by atoms with Gasteiger partial charge in [-0.2, -0.15) is 0 Å².